The molecule has 0 saturated heterocycles. The molecule has 4 amide bonds. The van der Waals surface area contributed by atoms with Gasteiger partial charge in [-0.2, -0.15) is 0 Å². The first-order chi connectivity index (χ1) is 17.0. The van der Waals surface area contributed by atoms with Gasteiger partial charge in [-0.3, -0.25) is 14.4 Å². The van der Waals surface area contributed by atoms with Crippen LogP contribution in [0, 0.1) is 11.8 Å². The molecule has 1 aromatic rings. The van der Waals surface area contributed by atoms with Gasteiger partial charge in [0.05, 0.1) is 24.8 Å². The zero-order valence-corrected chi connectivity index (χ0v) is 22.1. The van der Waals surface area contributed by atoms with Crippen molar-refractivity contribution in [3.8, 4) is 5.75 Å². The van der Waals surface area contributed by atoms with E-state index in [2.05, 4.69) is 21.3 Å². The van der Waals surface area contributed by atoms with Crippen molar-refractivity contribution in [2.24, 2.45) is 17.6 Å². The highest BCUT2D eigenvalue weighted by molar-refractivity contribution is 5.98. The second-order valence-electron chi connectivity index (χ2n) is 9.06. The molecule has 0 aliphatic heterocycles. The summed E-state index contributed by atoms with van der Waals surface area (Å²) in [5.41, 5.74) is 6.21. The average Bonchev–Trinajstić information content (AvgIpc) is 2.82. The monoisotopic (exact) mass is 507 g/mol. The number of amides is 4. The van der Waals surface area contributed by atoms with Gasteiger partial charge in [0.2, 0.25) is 11.8 Å². The van der Waals surface area contributed by atoms with Crippen molar-refractivity contribution >= 4 is 29.5 Å². The van der Waals surface area contributed by atoms with Crippen LogP contribution in [0.25, 0.3) is 0 Å². The van der Waals surface area contributed by atoms with Crippen LogP contribution < -0.4 is 31.7 Å². The highest BCUT2D eigenvalue weighted by atomic mass is 16.5. The van der Waals surface area contributed by atoms with E-state index in [1.165, 1.54) is 7.11 Å². The first kappa shape index (κ1) is 30.7. The van der Waals surface area contributed by atoms with Gasteiger partial charge in [-0.05, 0) is 43.0 Å². The molecule has 0 aromatic heterocycles. The quantitative estimate of drug-likeness (QED) is 0.179. The van der Waals surface area contributed by atoms with E-state index in [4.69, 9.17) is 15.2 Å². The Balaban J connectivity index is 2.99. The zero-order chi connectivity index (χ0) is 27.3. The van der Waals surface area contributed by atoms with Crippen molar-refractivity contribution in [3.05, 3.63) is 23.8 Å². The molecule has 1 aromatic carbocycles. The van der Waals surface area contributed by atoms with Crippen LogP contribution in [0.5, 0.6) is 5.75 Å². The van der Waals surface area contributed by atoms with Gasteiger partial charge in [-0.1, -0.05) is 40.7 Å². The average molecular weight is 508 g/mol. The van der Waals surface area contributed by atoms with Crippen LogP contribution in [0.15, 0.2) is 18.2 Å². The molecule has 1 rings (SSSR count). The number of benzene rings is 1. The summed E-state index contributed by atoms with van der Waals surface area (Å²) in [7, 11) is 1.47. The predicted octanol–water partition coefficient (Wildman–Crippen LogP) is 1.90. The van der Waals surface area contributed by atoms with Gasteiger partial charge in [0, 0.05) is 6.54 Å². The fourth-order valence-corrected chi connectivity index (χ4v) is 3.37. The molecular weight excluding hydrogens is 466 g/mol. The van der Waals surface area contributed by atoms with Gasteiger partial charge in [-0.15, -0.1) is 0 Å². The third-order valence-electron chi connectivity index (χ3n) is 5.35. The number of hydrogen-bond donors (Lipinski definition) is 5. The molecular formula is C25H41N5O6. The lowest BCUT2D eigenvalue weighted by Gasteiger charge is -2.25. The normalized spacial score (nSPS) is 12.6. The summed E-state index contributed by atoms with van der Waals surface area (Å²) < 4.78 is 10.7. The maximum Gasteiger partial charge on any atom is 0.312 e. The smallest absolute Gasteiger partial charge is 0.312 e. The highest BCUT2D eigenvalue weighted by Gasteiger charge is 2.27. The van der Waals surface area contributed by atoms with Crippen molar-refractivity contribution < 1.29 is 28.7 Å². The molecule has 0 spiro atoms. The molecule has 0 radical (unpaired) electrons. The van der Waals surface area contributed by atoms with E-state index in [-0.39, 0.29) is 43.3 Å². The lowest BCUT2D eigenvalue weighted by Crippen LogP contribution is -2.53. The number of likely N-dealkylation sites (N-methyl/N-ethyl adjacent to an activating group) is 1. The standard InChI is InChI=1S/C25H41N5O6/c1-7-27-21(15(2)3)23(32)30-19(9-8-12-28-25(26)34)22(31)29-18-11-10-17(13-20(18)35-6)14-36-24(33)16(4)5/h10-11,13,15-16,19,21,27H,7-9,12,14H2,1-6H3,(H,29,31)(H,30,32)(H3,26,28,34)/t19-,21-/m1/s1. The predicted molar refractivity (Wildman–Crippen MR) is 137 cm³/mol. The Bertz CT molecular complexity index is 890. The summed E-state index contributed by atoms with van der Waals surface area (Å²) in [4.78, 5) is 48.8. The topological polar surface area (TPSA) is 161 Å². The Morgan fingerprint density at radius 3 is 2.31 bits per heavy atom. The maximum absolute atomic E-state index is 13.2. The Hall–Kier alpha value is -3.34. The van der Waals surface area contributed by atoms with Crippen LogP contribution in [0.3, 0.4) is 0 Å². The minimum absolute atomic E-state index is 0.0163. The minimum atomic E-state index is -0.858. The summed E-state index contributed by atoms with van der Waals surface area (Å²) in [5, 5.41) is 11.3. The number of carbonyl (C=O) groups is 4. The molecule has 0 aliphatic carbocycles. The molecule has 0 fully saturated rings. The maximum atomic E-state index is 13.2. The first-order valence-electron chi connectivity index (χ1n) is 12.2. The number of methoxy groups -OCH3 is 1. The van der Waals surface area contributed by atoms with Gasteiger partial charge in [0.25, 0.3) is 0 Å². The Kier molecular flexibility index (Phi) is 13.3. The summed E-state index contributed by atoms with van der Waals surface area (Å²) in [5.74, 6) is -0.869. The summed E-state index contributed by atoms with van der Waals surface area (Å²) in [6, 6.07) is 3.07. The lowest BCUT2D eigenvalue weighted by atomic mass is 10.0. The molecule has 0 heterocycles. The summed E-state index contributed by atoms with van der Waals surface area (Å²) in [6.07, 6.45) is 0.701. The van der Waals surface area contributed by atoms with Gasteiger partial charge in [0.15, 0.2) is 0 Å². The van der Waals surface area contributed by atoms with Crippen LogP contribution in [0.4, 0.5) is 10.5 Å². The number of anilines is 1. The van der Waals surface area contributed by atoms with Crippen molar-refractivity contribution in [2.45, 2.75) is 66.2 Å². The molecule has 0 unspecified atom stereocenters. The number of nitrogens with two attached hydrogens (primary N) is 1. The van der Waals surface area contributed by atoms with Crippen molar-refractivity contribution in [3.63, 3.8) is 0 Å². The van der Waals surface area contributed by atoms with Crippen molar-refractivity contribution in [2.75, 3.05) is 25.5 Å². The van der Waals surface area contributed by atoms with Crippen molar-refractivity contribution in [1.82, 2.24) is 16.0 Å². The second-order valence-corrected chi connectivity index (χ2v) is 9.06. The third kappa shape index (κ3) is 10.5. The van der Waals surface area contributed by atoms with E-state index in [9.17, 15) is 19.2 Å². The SMILES string of the molecule is CCN[C@@H](C(=O)N[C@H](CCCNC(N)=O)C(=O)Nc1ccc(COC(=O)C(C)C)cc1OC)C(C)C. The molecule has 2 atom stereocenters. The minimum Gasteiger partial charge on any atom is -0.495 e. The van der Waals surface area contributed by atoms with Crippen LogP contribution in [0.2, 0.25) is 0 Å². The van der Waals surface area contributed by atoms with Gasteiger partial charge in [-0.25, -0.2) is 4.79 Å². The number of primary amides is 1. The molecule has 202 valence electrons. The van der Waals surface area contributed by atoms with Crippen molar-refractivity contribution in [1.29, 1.82) is 0 Å². The van der Waals surface area contributed by atoms with E-state index in [1.807, 2.05) is 20.8 Å². The Morgan fingerprint density at radius 1 is 1.06 bits per heavy atom. The van der Waals surface area contributed by atoms with E-state index < -0.39 is 24.0 Å². The first-order valence-corrected chi connectivity index (χ1v) is 12.2. The van der Waals surface area contributed by atoms with Gasteiger partial charge < -0.3 is 36.5 Å². The molecule has 0 bridgehead atoms. The molecule has 0 saturated carbocycles. The van der Waals surface area contributed by atoms with Crippen LogP contribution in [-0.2, 0) is 25.7 Å². The fourth-order valence-electron chi connectivity index (χ4n) is 3.37. The molecule has 6 N–H and O–H groups in total. The summed E-state index contributed by atoms with van der Waals surface area (Å²) in [6.45, 7) is 10.2. The molecule has 11 heteroatoms. The molecule has 0 aliphatic rings. The van der Waals surface area contributed by atoms with Crippen LogP contribution >= 0.6 is 0 Å². The number of hydrogen-bond acceptors (Lipinski definition) is 7. The fraction of sp³-hybridized carbons (Fsp3) is 0.600. The van der Waals surface area contributed by atoms with Crippen LogP contribution in [0.1, 0.15) is 53.0 Å². The number of carbonyl (C=O) groups excluding carboxylic acids is 4. The molecule has 11 nitrogen and oxygen atoms in total. The number of nitrogens with one attached hydrogen (secondary N) is 4. The number of esters is 1. The van der Waals surface area contributed by atoms with E-state index in [0.717, 1.165) is 0 Å². The van der Waals surface area contributed by atoms with Gasteiger partial charge >= 0.3 is 12.0 Å². The summed E-state index contributed by atoms with van der Waals surface area (Å²) >= 11 is 0. The van der Waals surface area contributed by atoms with E-state index in [1.54, 1.807) is 32.0 Å². The zero-order valence-electron chi connectivity index (χ0n) is 22.1. The molecule has 36 heavy (non-hydrogen) atoms. The van der Waals surface area contributed by atoms with Gasteiger partial charge in [0.1, 0.15) is 18.4 Å². The number of urea groups is 1. The number of rotatable bonds is 15. The largest absolute Gasteiger partial charge is 0.495 e. The Morgan fingerprint density at radius 2 is 1.75 bits per heavy atom. The Labute approximate surface area is 213 Å². The third-order valence-corrected chi connectivity index (χ3v) is 5.35. The lowest BCUT2D eigenvalue weighted by molar-refractivity contribution is -0.148. The second kappa shape index (κ2) is 15.6. The highest BCUT2D eigenvalue weighted by Crippen LogP contribution is 2.26. The van der Waals surface area contributed by atoms with Crippen LogP contribution in [-0.4, -0.2) is 56.1 Å². The van der Waals surface area contributed by atoms with E-state index >= 15 is 0 Å². The van der Waals surface area contributed by atoms with E-state index in [0.29, 0.717) is 30.0 Å². The number of ether oxygens (including phenoxy) is 2.